The van der Waals surface area contributed by atoms with Crippen LogP contribution < -0.4 is 15.4 Å². The molecule has 2 unspecified atom stereocenters. The molecule has 0 aliphatic carbocycles. The molecule has 0 spiro atoms. The van der Waals surface area contributed by atoms with Crippen LogP contribution in [-0.4, -0.2) is 80.3 Å². The Morgan fingerprint density at radius 2 is 1.93 bits per heavy atom. The first-order chi connectivity index (χ1) is 19.0. The van der Waals surface area contributed by atoms with Crippen molar-refractivity contribution < 1.29 is 33.4 Å². The number of fused-ring (bicyclic) bond motifs is 1. The molecule has 2 N–H and O–H groups in total. The van der Waals surface area contributed by atoms with Crippen LogP contribution in [0.3, 0.4) is 0 Å². The number of likely N-dealkylation sites (tertiary alicyclic amines) is 1. The van der Waals surface area contributed by atoms with Gasteiger partial charge in [0.05, 0.1) is 6.54 Å². The molecule has 13 nitrogen and oxygen atoms in total. The van der Waals surface area contributed by atoms with E-state index in [-0.39, 0.29) is 54.7 Å². The number of imide groups is 1. The third kappa shape index (κ3) is 5.87. The highest BCUT2D eigenvalue weighted by molar-refractivity contribution is 6.07. The Kier molecular flexibility index (Phi) is 7.13. The normalized spacial score (nSPS) is 20.7. The van der Waals surface area contributed by atoms with Crippen LogP contribution in [0.15, 0.2) is 30.5 Å². The highest BCUT2D eigenvalue weighted by Crippen LogP contribution is 2.28. The fraction of sp³-hybridized carbons (Fsp3) is 0.444. The molecule has 2 saturated heterocycles. The monoisotopic (exact) mass is 550 g/mol. The SMILES string of the molecule is CC(C)(C)OC(=O)N1CCC(Oc2ccnc(NC(=O)c3ccc4c(c3)CN(C3CCC(=O)NC3=O)C4=O)n2)C1. The summed E-state index contributed by atoms with van der Waals surface area (Å²) in [6.45, 7) is 6.43. The lowest BCUT2D eigenvalue weighted by molar-refractivity contribution is -0.136. The van der Waals surface area contributed by atoms with E-state index in [2.05, 4.69) is 20.6 Å². The number of amides is 5. The van der Waals surface area contributed by atoms with Crippen LogP contribution in [0.25, 0.3) is 0 Å². The summed E-state index contributed by atoms with van der Waals surface area (Å²) in [4.78, 5) is 73.3. The Labute approximate surface area is 230 Å². The van der Waals surface area contributed by atoms with Crippen molar-refractivity contribution in [3.63, 3.8) is 0 Å². The van der Waals surface area contributed by atoms with Crippen LogP contribution in [0, 0.1) is 0 Å². The molecule has 0 radical (unpaired) electrons. The van der Waals surface area contributed by atoms with Gasteiger partial charge in [-0.05, 0) is 51.0 Å². The summed E-state index contributed by atoms with van der Waals surface area (Å²) in [7, 11) is 0. The molecule has 13 heteroatoms. The van der Waals surface area contributed by atoms with E-state index < -0.39 is 29.6 Å². The summed E-state index contributed by atoms with van der Waals surface area (Å²) in [6.07, 6.45) is 1.80. The molecule has 40 heavy (non-hydrogen) atoms. The molecule has 4 heterocycles. The van der Waals surface area contributed by atoms with Crippen molar-refractivity contribution in [3.8, 4) is 5.88 Å². The molecule has 3 aliphatic rings. The summed E-state index contributed by atoms with van der Waals surface area (Å²) < 4.78 is 11.3. The second kappa shape index (κ2) is 10.5. The zero-order chi connectivity index (χ0) is 28.6. The summed E-state index contributed by atoms with van der Waals surface area (Å²) >= 11 is 0. The highest BCUT2D eigenvalue weighted by atomic mass is 16.6. The van der Waals surface area contributed by atoms with E-state index in [0.717, 1.165) is 0 Å². The Morgan fingerprint density at radius 1 is 1.12 bits per heavy atom. The largest absolute Gasteiger partial charge is 0.472 e. The maximum Gasteiger partial charge on any atom is 0.410 e. The summed E-state index contributed by atoms with van der Waals surface area (Å²) in [6, 6.07) is 5.50. The van der Waals surface area contributed by atoms with Crippen molar-refractivity contribution in [2.75, 3.05) is 18.4 Å². The predicted molar refractivity (Wildman–Crippen MR) is 139 cm³/mol. The van der Waals surface area contributed by atoms with Gasteiger partial charge in [-0.2, -0.15) is 4.98 Å². The number of nitrogens with zero attached hydrogens (tertiary/aromatic N) is 4. The number of nitrogens with one attached hydrogen (secondary N) is 2. The number of piperidine rings is 1. The van der Waals surface area contributed by atoms with Crippen molar-refractivity contribution >= 4 is 35.7 Å². The van der Waals surface area contributed by atoms with Crippen LogP contribution in [0.2, 0.25) is 0 Å². The molecule has 2 fully saturated rings. The molecular formula is C27H30N6O7. The van der Waals surface area contributed by atoms with Crippen molar-refractivity contribution in [2.45, 2.75) is 64.3 Å². The first-order valence-corrected chi connectivity index (χ1v) is 13.0. The molecule has 2 atom stereocenters. The number of anilines is 1. The van der Waals surface area contributed by atoms with E-state index in [1.54, 1.807) is 23.1 Å². The molecule has 210 valence electrons. The smallest absolute Gasteiger partial charge is 0.410 e. The fourth-order valence-corrected chi connectivity index (χ4v) is 4.84. The number of carbonyl (C=O) groups excluding carboxylic acids is 5. The minimum Gasteiger partial charge on any atom is -0.472 e. The maximum atomic E-state index is 13.0. The van der Waals surface area contributed by atoms with E-state index in [1.807, 2.05) is 20.8 Å². The van der Waals surface area contributed by atoms with Gasteiger partial charge in [-0.25, -0.2) is 9.78 Å². The fourth-order valence-electron chi connectivity index (χ4n) is 4.84. The zero-order valence-electron chi connectivity index (χ0n) is 22.4. The van der Waals surface area contributed by atoms with Crippen molar-refractivity contribution in [1.29, 1.82) is 0 Å². The number of aromatic nitrogens is 2. The third-order valence-electron chi connectivity index (χ3n) is 6.73. The first-order valence-electron chi connectivity index (χ1n) is 13.0. The maximum absolute atomic E-state index is 13.0. The Balaban J connectivity index is 1.20. The van der Waals surface area contributed by atoms with E-state index in [1.165, 1.54) is 17.2 Å². The lowest BCUT2D eigenvalue weighted by atomic mass is 10.0. The number of rotatable bonds is 5. The third-order valence-corrected chi connectivity index (χ3v) is 6.73. The minimum absolute atomic E-state index is 0.0336. The topological polar surface area (TPSA) is 160 Å². The quantitative estimate of drug-likeness (QED) is 0.530. The molecule has 0 saturated carbocycles. The molecule has 2 aromatic rings. The van der Waals surface area contributed by atoms with Crippen molar-refractivity contribution in [3.05, 3.63) is 47.2 Å². The zero-order valence-corrected chi connectivity index (χ0v) is 22.4. The molecular weight excluding hydrogens is 520 g/mol. The van der Waals surface area contributed by atoms with E-state index in [4.69, 9.17) is 9.47 Å². The average Bonchev–Trinajstić information content (AvgIpc) is 3.47. The van der Waals surface area contributed by atoms with Gasteiger partial charge in [0.2, 0.25) is 23.6 Å². The van der Waals surface area contributed by atoms with Crippen LogP contribution in [-0.2, 0) is 20.9 Å². The molecule has 3 aliphatic heterocycles. The van der Waals surface area contributed by atoms with E-state index in [0.29, 0.717) is 30.6 Å². The molecule has 5 rings (SSSR count). The highest BCUT2D eigenvalue weighted by Gasteiger charge is 2.39. The number of ether oxygens (including phenoxy) is 2. The van der Waals surface area contributed by atoms with E-state index >= 15 is 0 Å². The van der Waals surface area contributed by atoms with Gasteiger partial charge in [0.15, 0.2) is 0 Å². The minimum atomic E-state index is -0.734. The lowest BCUT2D eigenvalue weighted by Gasteiger charge is -2.29. The van der Waals surface area contributed by atoms with Crippen molar-refractivity contribution in [2.24, 2.45) is 0 Å². The second-order valence-corrected chi connectivity index (χ2v) is 10.9. The number of benzene rings is 1. The first kappa shape index (κ1) is 27.0. The molecule has 0 bridgehead atoms. The Morgan fingerprint density at radius 3 is 2.67 bits per heavy atom. The van der Waals surface area contributed by atoms with Crippen LogP contribution in [0.1, 0.15) is 66.3 Å². The van der Waals surface area contributed by atoms with Crippen LogP contribution in [0.5, 0.6) is 5.88 Å². The summed E-state index contributed by atoms with van der Waals surface area (Å²) in [5.74, 6) is -1.37. The Hall–Kier alpha value is -4.55. The van der Waals surface area contributed by atoms with Crippen LogP contribution in [0.4, 0.5) is 10.7 Å². The number of carbonyl (C=O) groups is 5. The number of hydrogen-bond acceptors (Lipinski definition) is 9. The summed E-state index contributed by atoms with van der Waals surface area (Å²) in [5, 5.41) is 4.91. The van der Waals surface area contributed by atoms with E-state index in [9.17, 15) is 24.0 Å². The van der Waals surface area contributed by atoms with Gasteiger partial charge < -0.3 is 19.3 Å². The Bertz CT molecular complexity index is 1390. The van der Waals surface area contributed by atoms with Gasteiger partial charge in [0.1, 0.15) is 17.7 Å². The average molecular weight is 551 g/mol. The molecule has 1 aromatic heterocycles. The lowest BCUT2D eigenvalue weighted by Crippen LogP contribution is -2.52. The molecule has 1 aromatic carbocycles. The van der Waals surface area contributed by atoms with Crippen molar-refractivity contribution in [1.82, 2.24) is 25.1 Å². The number of hydrogen-bond donors (Lipinski definition) is 2. The second-order valence-electron chi connectivity index (χ2n) is 10.9. The predicted octanol–water partition coefficient (Wildman–Crippen LogP) is 1.88. The van der Waals surface area contributed by atoms with Gasteiger partial charge >= 0.3 is 6.09 Å². The van der Waals surface area contributed by atoms with Gasteiger partial charge in [0, 0.05) is 49.3 Å². The van der Waals surface area contributed by atoms with Gasteiger partial charge in [-0.15, -0.1) is 0 Å². The van der Waals surface area contributed by atoms with Crippen LogP contribution >= 0.6 is 0 Å². The van der Waals surface area contributed by atoms with Gasteiger partial charge in [-0.1, -0.05) is 0 Å². The standard InChI is InChI=1S/C27H30N6O7/c1-27(2,3)40-26(38)32-11-9-17(14-32)39-21-8-10-28-25(30-21)31-22(35)15-4-5-18-16(12-15)13-33(24(18)37)19-6-7-20(34)29-23(19)36/h4-5,8,10,12,17,19H,6-7,9,11,13-14H2,1-3H3,(H,29,34,36)(H,28,30,31,35). The summed E-state index contributed by atoms with van der Waals surface area (Å²) in [5.41, 5.74) is 0.716. The van der Waals surface area contributed by atoms with Gasteiger partial charge in [-0.3, -0.25) is 29.8 Å². The molecule has 5 amide bonds. The van der Waals surface area contributed by atoms with Gasteiger partial charge in [0.25, 0.3) is 11.8 Å².